The molecule has 1 atom stereocenters. The van der Waals surface area contributed by atoms with Gasteiger partial charge in [-0.05, 0) is 23.8 Å². The van der Waals surface area contributed by atoms with Crippen molar-refractivity contribution in [2.24, 2.45) is 0 Å². The van der Waals surface area contributed by atoms with Crippen molar-refractivity contribution in [1.82, 2.24) is 0 Å². The Kier molecular flexibility index (Phi) is 3.71. The molecule has 0 amide bonds. The van der Waals surface area contributed by atoms with Crippen LogP contribution in [0.15, 0.2) is 36.4 Å². The second kappa shape index (κ2) is 5.10. The average molecular weight is 319 g/mol. The standard InChI is InChI=1S/C13H7BrF4/c14-11(7-1-3-8(15)4-2-7)9-5-6-10(16)13(18)12(9)17/h1-6,11H. The van der Waals surface area contributed by atoms with Gasteiger partial charge in [-0.3, -0.25) is 0 Å². The minimum atomic E-state index is -1.51. The van der Waals surface area contributed by atoms with Gasteiger partial charge in [0.25, 0.3) is 0 Å². The monoisotopic (exact) mass is 318 g/mol. The van der Waals surface area contributed by atoms with Gasteiger partial charge in [0.1, 0.15) is 5.82 Å². The SMILES string of the molecule is Fc1ccc(C(Br)c2ccc(F)c(F)c2F)cc1. The number of rotatable bonds is 2. The molecule has 2 aromatic rings. The molecule has 0 radical (unpaired) electrons. The van der Waals surface area contributed by atoms with Crippen LogP contribution in [0.5, 0.6) is 0 Å². The Balaban J connectivity index is 2.43. The fourth-order valence-electron chi connectivity index (χ4n) is 1.55. The number of hydrogen-bond acceptors (Lipinski definition) is 0. The molecule has 0 aromatic heterocycles. The van der Waals surface area contributed by atoms with Crippen LogP contribution in [0.4, 0.5) is 17.6 Å². The molecule has 2 rings (SSSR count). The maximum absolute atomic E-state index is 13.6. The third-order valence-corrected chi connectivity index (χ3v) is 3.52. The lowest BCUT2D eigenvalue weighted by Crippen LogP contribution is -2.01. The van der Waals surface area contributed by atoms with Crippen molar-refractivity contribution in [3.05, 3.63) is 70.8 Å². The molecule has 0 heterocycles. The van der Waals surface area contributed by atoms with Gasteiger partial charge in [0.05, 0.1) is 4.83 Å². The first-order chi connectivity index (χ1) is 8.50. The fourth-order valence-corrected chi connectivity index (χ4v) is 2.21. The Morgan fingerprint density at radius 1 is 0.778 bits per heavy atom. The molecule has 0 saturated carbocycles. The number of halogens is 5. The van der Waals surface area contributed by atoms with Gasteiger partial charge in [0, 0.05) is 5.56 Å². The molecule has 0 aliphatic rings. The predicted octanol–water partition coefficient (Wildman–Crippen LogP) is 4.73. The summed E-state index contributed by atoms with van der Waals surface area (Å²) in [5.74, 6) is -4.43. The van der Waals surface area contributed by atoms with Crippen LogP contribution < -0.4 is 0 Å². The van der Waals surface area contributed by atoms with Crippen LogP contribution in [0.2, 0.25) is 0 Å². The summed E-state index contributed by atoms with van der Waals surface area (Å²) in [4.78, 5) is -0.673. The van der Waals surface area contributed by atoms with Crippen molar-refractivity contribution in [1.29, 1.82) is 0 Å². The number of benzene rings is 2. The zero-order chi connectivity index (χ0) is 13.3. The topological polar surface area (TPSA) is 0 Å². The van der Waals surface area contributed by atoms with Crippen LogP contribution in [0.3, 0.4) is 0 Å². The highest BCUT2D eigenvalue weighted by Crippen LogP contribution is 2.33. The molecule has 0 fully saturated rings. The number of hydrogen-bond donors (Lipinski definition) is 0. The molecule has 0 spiro atoms. The molecular weight excluding hydrogens is 312 g/mol. The van der Waals surface area contributed by atoms with Gasteiger partial charge >= 0.3 is 0 Å². The van der Waals surface area contributed by atoms with Crippen molar-refractivity contribution in [3.8, 4) is 0 Å². The van der Waals surface area contributed by atoms with Crippen LogP contribution >= 0.6 is 15.9 Å². The Morgan fingerprint density at radius 2 is 1.39 bits per heavy atom. The summed E-state index contributed by atoms with van der Waals surface area (Å²) in [6.45, 7) is 0. The second-order valence-corrected chi connectivity index (χ2v) is 4.59. The third-order valence-electron chi connectivity index (χ3n) is 2.50. The molecule has 0 nitrogen and oxygen atoms in total. The van der Waals surface area contributed by atoms with E-state index in [0.29, 0.717) is 5.56 Å². The maximum atomic E-state index is 13.6. The molecule has 0 aliphatic carbocycles. The van der Waals surface area contributed by atoms with E-state index < -0.39 is 28.1 Å². The van der Waals surface area contributed by atoms with E-state index in [1.54, 1.807) is 0 Å². The average Bonchev–Trinajstić information content (AvgIpc) is 2.36. The molecular formula is C13H7BrF4. The van der Waals surface area contributed by atoms with Crippen molar-refractivity contribution in [2.45, 2.75) is 4.83 Å². The van der Waals surface area contributed by atoms with Gasteiger partial charge in [-0.2, -0.15) is 0 Å². The van der Waals surface area contributed by atoms with Gasteiger partial charge in [-0.25, -0.2) is 17.6 Å². The summed E-state index contributed by atoms with van der Waals surface area (Å²) >= 11 is 3.18. The predicted molar refractivity (Wildman–Crippen MR) is 63.5 cm³/mol. The fraction of sp³-hybridized carbons (Fsp3) is 0.0769. The first-order valence-corrected chi connectivity index (χ1v) is 5.95. The molecule has 0 N–H and O–H groups in total. The van der Waals surface area contributed by atoms with Gasteiger partial charge < -0.3 is 0 Å². The van der Waals surface area contributed by atoms with Crippen LogP contribution in [0, 0.1) is 23.3 Å². The zero-order valence-corrected chi connectivity index (χ0v) is 10.5. The van der Waals surface area contributed by atoms with E-state index in [0.717, 1.165) is 12.1 Å². The van der Waals surface area contributed by atoms with E-state index in [9.17, 15) is 17.6 Å². The van der Waals surface area contributed by atoms with Gasteiger partial charge in [0.2, 0.25) is 0 Å². The lowest BCUT2D eigenvalue weighted by atomic mass is 10.0. The molecule has 0 saturated heterocycles. The molecule has 18 heavy (non-hydrogen) atoms. The van der Waals surface area contributed by atoms with E-state index in [4.69, 9.17) is 0 Å². The van der Waals surface area contributed by atoms with Crippen molar-refractivity contribution in [2.75, 3.05) is 0 Å². The van der Waals surface area contributed by atoms with Gasteiger partial charge in [-0.15, -0.1) is 0 Å². The molecule has 0 aliphatic heterocycles. The highest BCUT2D eigenvalue weighted by molar-refractivity contribution is 9.09. The largest absolute Gasteiger partial charge is 0.207 e. The Hall–Kier alpha value is -1.36. The van der Waals surface area contributed by atoms with Gasteiger partial charge in [-0.1, -0.05) is 34.1 Å². The number of alkyl halides is 1. The summed E-state index contributed by atoms with van der Waals surface area (Å²) < 4.78 is 52.2. The minimum absolute atomic E-state index is 0.0412. The third kappa shape index (κ3) is 2.41. The van der Waals surface area contributed by atoms with Crippen LogP contribution in [-0.4, -0.2) is 0 Å². The maximum Gasteiger partial charge on any atom is 0.194 e. The minimum Gasteiger partial charge on any atom is -0.207 e. The summed E-state index contributed by atoms with van der Waals surface area (Å²) in [5.41, 5.74) is 0.502. The van der Waals surface area contributed by atoms with E-state index >= 15 is 0 Å². The summed E-state index contributed by atoms with van der Waals surface area (Å²) in [5, 5.41) is 0. The zero-order valence-electron chi connectivity index (χ0n) is 8.93. The van der Waals surface area contributed by atoms with Crippen LogP contribution in [0.25, 0.3) is 0 Å². The summed E-state index contributed by atoms with van der Waals surface area (Å²) in [6.07, 6.45) is 0. The van der Waals surface area contributed by atoms with E-state index in [2.05, 4.69) is 15.9 Å². The smallest absolute Gasteiger partial charge is 0.194 e. The van der Waals surface area contributed by atoms with E-state index in [-0.39, 0.29) is 5.56 Å². The summed E-state index contributed by atoms with van der Waals surface area (Å²) in [7, 11) is 0. The highest BCUT2D eigenvalue weighted by Gasteiger charge is 2.20. The van der Waals surface area contributed by atoms with Crippen molar-refractivity contribution >= 4 is 15.9 Å². The lowest BCUT2D eigenvalue weighted by Gasteiger charge is -2.12. The molecule has 94 valence electrons. The van der Waals surface area contributed by atoms with E-state index in [1.165, 1.54) is 24.3 Å². The van der Waals surface area contributed by atoms with Crippen LogP contribution in [-0.2, 0) is 0 Å². The molecule has 1 unspecified atom stereocenters. The molecule has 5 heteroatoms. The van der Waals surface area contributed by atoms with Crippen LogP contribution in [0.1, 0.15) is 16.0 Å². The van der Waals surface area contributed by atoms with Crippen molar-refractivity contribution in [3.63, 3.8) is 0 Å². The Morgan fingerprint density at radius 3 is 2.00 bits per heavy atom. The normalized spacial score (nSPS) is 12.5. The summed E-state index contributed by atoms with van der Waals surface area (Å²) in [6, 6.07) is 7.30. The first kappa shape index (κ1) is 13.1. The first-order valence-electron chi connectivity index (χ1n) is 5.03. The molecule has 2 aromatic carbocycles. The van der Waals surface area contributed by atoms with Crippen molar-refractivity contribution < 1.29 is 17.6 Å². The van der Waals surface area contributed by atoms with Gasteiger partial charge in [0.15, 0.2) is 17.5 Å². The molecule has 0 bridgehead atoms. The Bertz CT molecular complexity index is 566. The van der Waals surface area contributed by atoms with E-state index in [1.807, 2.05) is 0 Å². The Labute approximate surface area is 109 Å². The lowest BCUT2D eigenvalue weighted by molar-refractivity contribution is 0.442. The highest BCUT2D eigenvalue weighted by atomic mass is 79.9. The second-order valence-electron chi connectivity index (χ2n) is 3.68. The quantitative estimate of drug-likeness (QED) is 0.427.